The topological polar surface area (TPSA) is 62.3 Å². The van der Waals surface area contributed by atoms with Crippen LogP contribution >= 0.6 is 0 Å². The zero-order chi connectivity index (χ0) is 16.2. The van der Waals surface area contributed by atoms with E-state index in [9.17, 15) is 0 Å². The van der Waals surface area contributed by atoms with Gasteiger partial charge in [0.25, 0.3) is 0 Å². The van der Waals surface area contributed by atoms with E-state index in [1.54, 1.807) is 17.9 Å². The molecule has 1 heterocycles. The summed E-state index contributed by atoms with van der Waals surface area (Å²) in [5, 5.41) is 4.33. The molecule has 1 aromatic heterocycles. The van der Waals surface area contributed by atoms with Crippen LogP contribution in [0.5, 0.6) is 5.75 Å². The van der Waals surface area contributed by atoms with E-state index < -0.39 is 8.07 Å². The monoisotopic (exact) mass is 319 g/mol. The van der Waals surface area contributed by atoms with E-state index in [4.69, 9.17) is 15.2 Å². The SMILES string of the molecule is COc1cc(N)cc(-c2cnn(COCC[Si](C)(C)C)c2)c1. The standard InChI is InChI=1S/C16H25N3O2Si/c1-20-16-8-13(7-15(17)9-16)14-10-18-19(11-14)12-21-5-6-22(2,3)4/h7-11H,5-6,12,17H2,1-4H3. The molecule has 1 aromatic carbocycles. The molecule has 0 unspecified atom stereocenters. The molecule has 0 bridgehead atoms. The van der Waals surface area contributed by atoms with E-state index in [1.807, 2.05) is 24.5 Å². The van der Waals surface area contributed by atoms with Gasteiger partial charge in [-0.25, -0.2) is 4.68 Å². The Hall–Kier alpha value is -1.79. The quantitative estimate of drug-likeness (QED) is 0.482. The molecule has 2 aromatic rings. The molecule has 0 aliphatic rings. The molecular weight excluding hydrogens is 294 g/mol. The van der Waals surface area contributed by atoms with Gasteiger partial charge in [0.05, 0.1) is 13.3 Å². The highest BCUT2D eigenvalue weighted by Crippen LogP contribution is 2.26. The summed E-state index contributed by atoms with van der Waals surface area (Å²) in [5.74, 6) is 0.745. The van der Waals surface area contributed by atoms with Gasteiger partial charge < -0.3 is 15.2 Å². The normalized spacial score (nSPS) is 11.6. The van der Waals surface area contributed by atoms with Crippen molar-refractivity contribution in [3.8, 4) is 16.9 Å². The van der Waals surface area contributed by atoms with Crippen molar-refractivity contribution in [3.63, 3.8) is 0 Å². The lowest BCUT2D eigenvalue weighted by atomic mass is 10.1. The molecule has 2 rings (SSSR count). The van der Waals surface area contributed by atoms with Crippen LogP contribution in [0.1, 0.15) is 0 Å². The number of anilines is 1. The molecule has 2 N–H and O–H groups in total. The summed E-state index contributed by atoms with van der Waals surface area (Å²) in [6, 6.07) is 6.82. The number of methoxy groups -OCH3 is 1. The van der Waals surface area contributed by atoms with Gasteiger partial charge in [0.2, 0.25) is 0 Å². The van der Waals surface area contributed by atoms with Crippen molar-refractivity contribution >= 4 is 13.8 Å². The number of hydrogen-bond acceptors (Lipinski definition) is 4. The van der Waals surface area contributed by atoms with Crippen LogP contribution < -0.4 is 10.5 Å². The highest BCUT2D eigenvalue weighted by atomic mass is 28.3. The predicted octanol–water partition coefficient (Wildman–Crippen LogP) is 3.45. The molecule has 0 aliphatic heterocycles. The molecule has 0 saturated heterocycles. The molecule has 0 spiro atoms. The Bertz CT molecular complexity index is 620. The second-order valence-electron chi connectivity index (χ2n) is 6.61. The maximum Gasteiger partial charge on any atom is 0.139 e. The number of rotatable bonds is 7. The van der Waals surface area contributed by atoms with E-state index in [0.29, 0.717) is 12.4 Å². The summed E-state index contributed by atoms with van der Waals surface area (Å²) < 4.78 is 12.7. The summed E-state index contributed by atoms with van der Waals surface area (Å²) in [4.78, 5) is 0. The Labute approximate surface area is 133 Å². The fourth-order valence-electron chi connectivity index (χ4n) is 2.03. The predicted molar refractivity (Wildman–Crippen MR) is 92.7 cm³/mol. The van der Waals surface area contributed by atoms with Crippen molar-refractivity contribution in [3.05, 3.63) is 30.6 Å². The maximum absolute atomic E-state index is 5.89. The van der Waals surface area contributed by atoms with Crippen LogP contribution in [0.3, 0.4) is 0 Å². The molecule has 0 saturated carbocycles. The second kappa shape index (κ2) is 6.98. The van der Waals surface area contributed by atoms with Crippen molar-refractivity contribution in [2.24, 2.45) is 0 Å². The minimum absolute atomic E-state index is 0.476. The first-order valence-corrected chi connectivity index (χ1v) is 11.1. The third-order valence-corrected chi connectivity index (χ3v) is 5.06. The molecule has 6 heteroatoms. The van der Waals surface area contributed by atoms with Crippen molar-refractivity contribution in [1.29, 1.82) is 0 Å². The number of nitrogens with zero attached hydrogens (tertiary/aromatic N) is 2. The molecule has 22 heavy (non-hydrogen) atoms. The van der Waals surface area contributed by atoms with Gasteiger partial charge in [0.15, 0.2) is 0 Å². The Balaban J connectivity index is 1.98. The summed E-state index contributed by atoms with van der Waals surface area (Å²) in [7, 11) is 0.591. The first-order valence-electron chi connectivity index (χ1n) is 7.42. The number of hydrogen-bond donors (Lipinski definition) is 1. The van der Waals surface area contributed by atoms with Crippen LogP contribution in [0, 0.1) is 0 Å². The number of aromatic nitrogens is 2. The summed E-state index contributed by atoms with van der Waals surface area (Å²) in [6.07, 6.45) is 3.78. The van der Waals surface area contributed by atoms with Crippen molar-refractivity contribution < 1.29 is 9.47 Å². The largest absolute Gasteiger partial charge is 0.497 e. The molecule has 0 atom stereocenters. The second-order valence-corrected chi connectivity index (χ2v) is 12.2. The Morgan fingerprint density at radius 2 is 1.95 bits per heavy atom. The van der Waals surface area contributed by atoms with E-state index >= 15 is 0 Å². The van der Waals surface area contributed by atoms with Gasteiger partial charge in [-0.1, -0.05) is 19.6 Å². The average molecular weight is 319 g/mol. The van der Waals surface area contributed by atoms with Gasteiger partial charge in [-0.15, -0.1) is 0 Å². The summed E-state index contributed by atoms with van der Waals surface area (Å²) in [5.41, 5.74) is 8.55. The van der Waals surface area contributed by atoms with Crippen molar-refractivity contribution in [2.45, 2.75) is 32.4 Å². The lowest BCUT2D eigenvalue weighted by Gasteiger charge is -2.15. The highest BCUT2D eigenvalue weighted by Gasteiger charge is 2.12. The molecule has 0 aliphatic carbocycles. The van der Waals surface area contributed by atoms with Crippen LogP contribution in [-0.2, 0) is 11.5 Å². The van der Waals surface area contributed by atoms with Crippen LogP contribution in [0.25, 0.3) is 11.1 Å². The first-order chi connectivity index (χ1) is 10.4. The van der Waals surface area contributed by atoms with E-state index in [1.165, 1.54) is 0 Å². The van der Waals surface area contributed by atoms with E-state index in [0.717, 1.165) is 29.5 Å². The van der Waals surface area contributed by atoms with E-state index in [-0.39, 0.29) is 0 Å². The highest BCUT2D eigenvalue weighted by molar-refractivity contribution is 6.76. The Kier molecular flexibility index (Phi) is 5.26. The van der Waals surface area contributed by atoms with Gasteiger partial charge in [0, 0.05) is 38.2 Å². The van der Waals surface area contributed by atoms with Crippen LogP contribution in [-0.4, -0.2) is 31.6 Å². The molecule has 0 amide bonds. The number of ether oxygens (including phenoxy) is 2. The van der Waals surface area contributed by atoms with Gasteiger partial charge in [-0.05, 0) is 23.7 Å². The first kappa shape index (κ1) is 16.6. The number of nitrogens with two attached hydrogens (primary N) is 1. The number of benzene rings is 1. The minimum Gasteiger partial charge on any atom is -0.497 e. The van der Waals surface area contributed by atoms with Gasteiger partial charge in [0.1, 0.15) is 12.5 Å². The van der Waals surface area contributed by atoms with Crippen LogP contribution in [0.4, 0.5) is 5.69 Å². The van der Waals surface area contributed by atoms with Crippen LogP contribution in [0.15, 0.2) is 30.6 Å². The van der Waals surface area contributed by atoms with Crippen molar-refractivity contribution in [2.75, 3.05) is 19.5 Å². The Morgan fingerprint density at radius 1 is 1.18 bits per heavy atom. The summed E-state index contributed by atoms with van der Waals surface area (Å²) >= 11 is 0. The summed E-state index contributed by atoms with van der Waals surface area (Å²) in [6.45, 7) is 8.29. The lowest BCUT2D eigenvalue weighted by Crippen LogP contribution is -2.22. The van der Waals surface area contributed by atoms with Gasteiger partial charge >= 0.3 is 0 Å². The Morgan fingerprint density at radius 3 is 2.64 bits per heavy atom. The zero-order valence-electron chi connectivity index (χ0n) is 13.8. The van der Waals surface area contributed by atoms with Gasteiger partial charge in [-0.3, -0.25) is 0 Å². The lowest BCUT2D eigenvalue weighted by molar-refractivity contribution is 0.0786. The van der Waals surface area contributed by atoms with E-state index in [2.05, 4.69) is 24.7 Å². The smallest absolute Gasteiger partial charge is 0.139 e. The minimum atomic E-state index is -1.04. The van der Waals surface area contributed by atoms with Gasteiger partial charge in [-0.2, -0.15) is 5.10 Å². The molecule has 0 radical (unpaired) electrons. The number of nitrogen functional groups attached to an aromatic ring is 1. The maximum atomic E-state index is 5.89. The third-order valence-electron chi connectivity index (χ3n) is 3.35. The third kappa shape index (κ3) is 4.89. The zero-order valence-corrected chi connectivity index (χ0v) is 14.8. The molecular formula is C16H25N3O2Si. The fraction of sp³-hybridized carbons (Fsp3) is 0.438. The van der Waals surface area contributed by atoms with Crippen molar-refractivity contribution in [1.82, 2.24) is 9.78 Å². The fourth-order valence-corrected chi connectivity index (χ4v) is 2.78. The molecule has 5 nitrogen and oxygen atoms in total. The molecule has 0 fully saturated rings. The van der Waals surface area contributed by atoms with Crippen LogP contribution in [0.2, 0.25) is 25.7 Å². The average Bonchev–Trinajstić information content (AvgIpc) is 2.91. The molecule has 120 valence electrons.